The van der Waals surface area contributed by atoms with E-state index in [1.165, 1.54) is 12.5 Å². The minimum atomic E-state index is -0.426. The summed E-state index contributed by atoms with van der Waals surface area (Å²) in [4.78, 5) is 3.89. The Hall–Kier alpha value is -0.710. The summed E-state index contributed by atoms with van der Waals surface area (Å²) in [5.41, 5.74) is 4.10. The quantitative estimate of drug-likeness (QED) is 0.826. The molecule has 2 heterocycles. The van der Waals surface area contributed by atoms with Gasteiger partial charge in [-0.05, 0) is 37.4 Å². The fraction of sp³-hybridized carbons (Fsp3) is 0.583. The van der Waals surface area contributed by atoms with Crippen LogP contribution in [0.1, 0.15) is 30.7 Å². The van der Waals surface area contributed by atoms with E-state index in [0.717, 1.165) is 31.5 Å². The Morgan fingerprint density at radius 1 is 1.53 bits per heavy atom. The van der Waals surface area contributed by atoms with Crippen LogP contribution in [0.5, 0.6) is 0 Å². The molecule has 1 N–H and O–H groups in total. The van der Waals surface area contributed by atoms with E-state index in [4.69, 9.17) is 11.6 Å². The summed E-state index contributed by atoms with van der Waals surface area (Å²) in [5, 5.41) is 2.12. The summed E-state index contributed by atoms with van der Waals surface area (Å²) >= 11 is 5.60. The minimum Gasteiger partial charge on any atom is -0.258 e. The number of rotatable bonds is 2. The first-order valence-corrected chi connectivity index (χ1v) is 6.31. The summed E-state index contributed by atoms with van der Waals surface area (Å²) in [6, 6.07) is 1.51. The Balaban J connectivity index is 2.16. The number of pyridine rings is 1. The van der Waals surface area contributed by atoms with Crippen LogP contribution in [0.3, 0.4) is 0 Å². The van der Waals surface area contributed by atoms with Crippen molar-refractivity contribution in [3.63, 3.8) is 0 Å². The molecule has 1 aliphatic heterocycles. The van der Waals surface area contributed by atoms with E-state index in [1.54, 1.807) is 6.20 Å². The third kappa shape index (κ3) is 3.15. The minimum absolute atomic E-state index is 0.0483. The van der Waals surface area contributed by atoms with E-state index in [9.17, 15) is 4.39 Å². The van der Waals surface area contributed by atoms with Gasteiger partial charge in [0.1, 0.15) is 0 Å². The third-order valence-electron chi connectivity index (χ3n) is 3.28. The van der Waals surface area contributed by atoms with Gasteiger partial charge in [0.15, 0.2) is 11.0 Å². The normalized spacial score (nSPS) is 22.4. The topological polar surface area (TPSA) is 28.2 Å². The Labute approximate surface area is 106 Å². The molecule has 94 valence electrons. The number of hydrogen-bond acceptors (Lipinski definition) is 3. The van der Waals surface area contributed by atoms with E-state index in [1.807, 2.05) is 7.05 Å². The summed E-state index contributed by atoms with van der Waals surface area (Å²) in [6.45, 7) is 1.93. The summed E-state index contributed by atoms with van der Waals surface area (Å²) in [5.74, 6) is -0.103. The number of hydrazine groups is 1. The molecule has 5 heteroatoms. The van der Waals surface area contributed by atoms with Crippen molar-refractivity contribution in [3.8, 4) is 0 Å². The highest BCUT2D eigenvalue weighted by Gasteiger charge is 2.20. The van der Waals surface area contributed by atoms with Gasteiger partial charge < -0.3 is 0 Å². The van der Waals surface area contributed by atoms with Crippen molar-refractivity contribution >= 4 is 11.6 Å². The maximum atomic E-state index is 13.4. The van der Waals surface area contributed by atoms with Crippen molar-refractivity contribution in [2.75, 3.05) is 20.1 Å². The highest BCUT2D eigenvalue weighted by Crippen LogP contribution is 2.27. The maximum absolute atomic E-state index is 13.4. The van der Waals surface area contributed by atoms with Crippen molar-refractivity contribution < 1.29 is 4.39 Å². The van der Waals surface area contributed by atoms with Crippen molar-refractivity contribution in [1.29, 1.82) is 0 Å². The van der Waals surface area contributed by atoms with Crippen LogP contribution in [0, 0.1) is 5.82 Å². The molecule has 0 radical (unpaired) electrons. The molecule has 0 aliphatic carbocycles. The van der Waals surface area contributed by atoms with E-state index >= 15 is 0 Å². The highest BCUT2D eigenvalue weighted by molar-refractivity contribution is 6.29. The molecule has 0 saturated carbocycles. The van der Waals surface area contributed by atoms with Crippen LogP contribution < -0.4 is 5.43 Å². The number of nitrogens with zero attached hydrogens (tertiary/aromatic N) is 2. The second kappa shape index (κ2) is 5.76. The van der Waals surface area contributed by atoms with Gasteiger partial charge in [0.2, 0.25) is 0 Å². The van der Waals surface area contributed by atoms with Gasteiger partial charge in [-0.2, -0.15) is 0 Å². The second-order valence-corrected chi connectivity index (χ2v) is 4.76. The third-order valence-corrected chi connectivity index (χ3v) is 3.55. The first-order chi connectivity index (χ1) is 8.20. The second-order valence-electron chi connectivity index (χ2n) is 4.40. The van der Waals surface area contributed by atoms with Crippen LogP contribution in [0.15, 0.2) is 12.3 Å². The highest BCUT2D eigenvalue weighted by atomic mass is 35.5. The number of aromatic nitrogens is 1. The molecular weight excluding hydrogens is 241 g/mol. The van der Waals surface area contributed by atoms with Crippen LogP contribution in [-0.4, -0.2) is 30.1 Å². The molecule has 1 aromatic heterocycles. The Kier molecular flexibility index (Phi) is 4.31. The zero-order valence-electron chi connectivity index (χ0n) is 9.92. The molecule has 1 atom stereocenters. The van der Waals surface area contributed by atoms with Crippen LogP contribution in [0.4, 0.5) is 4.39 Å². The number of nitrogens with one attached hydrogen (secondary N) is 1. The fourth-order valence-corrected chi connectivity index (χ4v) is 2.38. The fourth-order valence-electron chi connectivity index (χ4n) is 2.28. The Morgan fingerprint density at radius 3 is 3.06 bits per heavy atom. The molecule has 17 heavy (non-hydrogen) atoms. The summed E-state index contributed by atoms with van der Waals surface area (Å²) < 4.78 is 13.4. The molecule has 0 aromatic carbocycles. The molecule has 0 unspecified atom stereocenters. The zero-order valence-corrected chi connectivity index (χ0v) is 10.7. The molecule has 0 spiro atoms. The smallest absolute Gasteiger partial charge is 0.164 e. The van der Waals surface area contributed by atoms with E-state index in [0.29, 0.717) is 5.92 Å². The van der Waals surface area contributed by atoms with Crippen LogP contribution >= 0.6 is 11.6 Å². The largest absolute Gasteiger partial charge is 0.258 e. The lowest BCUT2D eigenvalue weighted by atomic mass is 9.96. The molecule has 1 fully saturated rings. The standard InChI is InChI=1S/C12H17ClFN3/c1-15-17-5-3-2-4-9(8-17)10-6-11(14)12(13)16-7-10/h6-7,9,15H,2-5,8H2,1H3/t9-/m1/s1. The van der Waals surface area contributed by atoms with Crippen LogP contribution in [0.2, 0.25) is 5.15 Å². The molecule has 1 saturated heterocycles. The molecule has 1 aromatic rings. The van der Waals surface area contributed by atoms with Crippen molar-refractivity contribution in [1.82, 2.24) is 15.4 Å². The van der Waals surface area contributed by atoms with Crippen molar-refractivity contribution in [2.45, 2.75) is 25.2 Å². The maximum Gasteiger partial charge on any atom is 0.164 e. The molecule has 3 nitrogen and oxygen atoms in total. The molecule has 1 aliphatic rings. The SMILES string of the molecule is CNN1CCCC[C@@H](c2cnc(Cl)c(F)c2)C1. The van der Waals surface area contributed by atoms with Gasteiger partial charge in [0.05, 0.1) is 0 Å². The lowest BCUT2D eigenvalue weighted by molar-refractivity contribution is 0.207. The monoisotopic (exact) mass is 257 g/mol. The molecule has 0 bridgehead atoms. The van der Waals surface area contributed by atoms with Gasteiger partial charge in [0.25, 0.3) is 0 Å². The van der Waals surface area contributed by atoms with E-state index in [-0.39, 0.29) is 5.15 Å². The number of halogens is 2. The number of hydrogen-bond donors (Lipinski definition) is 1. The average molecular weight is 258 g/mol. The molecular formula is C12H17ClFN3. The van der Waals surface area contributed by atoms with Crippen molar-refractivity contribution in [2.24, 2.45) is 0 Å². The molecule has 2 rings (SSSR count). The first-order valence-electron chi connectivity index (χ1n) is 5.94. The van der Waals surface area contributed by atoms with Gasteiger partial charge >= 0.3 is 0 Å². The summed E-state index contributed by atoms with van der Waals surface area (Å²) in [7, 11) is 1.92. The Bertz CT molecular complexity index is 386. The van der Waals surface area contributed by atoms with Gasteiger partial charge in [-0.25, -0.2) is 14.4 Å². The van der Waals surface area contributed by atoms with Crippen LogP contribution in [-0.2, 0) is 0 Å². The molecule has 0 amide bonds. The van der Waals surface area contributed by atoms with Crippen LogP contribution in [0.25, 0.3) is 0 Å². The predicted molar refractivity (Wildman–Crippen MR) is 66.4 cm³/mol. The van der Waals surface area contributed by atoms with Gasteiger partial charge in [0, 0.05) is 19.3 Å². The summed E-state index contributed by atoms with van der Waals surface area (Å²) in [6.07, 6.45) is 5.09. The van der Waals surface area contributed by atoms with Gasteiger partial charge in [-0.3, -0.25) is 5.43 Å². The lowest BCUT2D eigenvalue weighted by Gasteiger charge is -2.23. The van der Waals surface area contributed by atoms with Gasteiger partial charge in [-0.15, -0.1) is 0 Å². The average Bonchev–Trinajstić information content (AvgIpc) is 2.58. The van der Waals surface area contributed by atoms with Crippen molar-refractivity contribution in [3.05, 3.63) is 28.8 Å². The lowest BCUT2D eigenvalue weighted by Crippen LogP contribution is -2.37. The van der Waals surface area contributed by atoms with E-state index < -0.39 is 5.82 Å². The first kappa shape index (κ1) is 12.7. The zero-order chi connectivity index (χ0) is 12.3. The van der Waals surface area contributed by atoms with E-state index in [2.05, 4.69) is 15.4 Å². The Morgan fingerprint density at radius 2 is 2.35 bits per heavy atom. The van der Waals surface area contributed by atoms with Gasteiger partial charge in [-0.1, -0.05) is 18.0 Å². The predicted octanol–water partition coefficient (Wildman–Crippen LogP) is 2.58.